The maximum absolute atomic E-state index is 13.3. The Morgan fingerprint density at radius 2 is 1.85 bits per heavy atom. The van der Waals surface area contributed by atoms with Gasteiger partial charge in [-0.3, -0.25) is 4.79 Å². The summed E-state index contributed by atoms with van der Waals surface area (Å²) in [6, 6.07) is 6.88. The lowest BCUT2D eigenvalue weighted by molar-refractivity contribution is -1.02. The quantitative estimate of drug-likeness (QED) is 0.599. The SMILES string of the molecule is Cc1sc2nc(C[NH+]3CC[NH+](Cc4cccc(F)c4)CC3)[nH]c(=O)c2c1C. The molecule has 0 saturated carbocycles. The van der Waals surface area contributed by atoms with Gasteiger partial charge in [-0.15, -0.1) is 11.3 Å². The van der Waals surface area contributed by atoms with Crippen molar-refractivity contribution in [3.8, 4) is 0 Å². The molecule has 3 heterocycles. The van der Waals surface area contributed by atoms with Crippen LogP contribution in [0.1, 0.15) is 21.8 Å². The van der Waals surface area contributed by atoms with Gasteiger partial charge in [0.1, 0.15) is 49.9 Å². The van der Waals surface area contributed by atoms with Crippen LogP contribution in [0.3, 0.4) is 0 Å². The Kier molecular flexibility index (Phi) is 5.08. The Labute approximate surface area is 161 Å². The second kappa shape index (κ2) is 7.50. The molecule has 142 valence electrons. The van der Waals surface area contributed by atoms with Crippen molar-refractivity contribution in [3.63, 3.8) is 0 Å². The highest BCUT2D eigenvalue weighted by Gasteiger charge is 2.24. The molecule has 0 radical (unpaired) electrons. The molecule has 1 aliphatic rings. The van der Waals surface area contributed by atoms with E-state index in [0.717, 1.165) is 71.3 Å². The fraction of sp³-hybridized carbons (Fsp3) is 0.400. The van der Waals surface area contributed by atoms with Crippen molar-refractivity contribution < 1.29 is 14.2 Å². The first-order valence-electron chi connectivity index (χ1n) is 9.40. The van der Waals surface area contributed by atoms with Crippen molar-refractivity contribution in [3.05, 3.63) is 62.3 Å². The normalized spacial score (nSPS) is 20.3. The van der Waals surface area contributed by atoms with Crippen molar-refractivity contribution in [1.29, 1.82) is 0 Å². The van der Waals surface area contributed by atoms with Gasteiger partial charge in [-0.1, -0.05) is 12.1 Å². The summed E-state index contributed by atoms with van der Waals surface area (Å²) >= 11 is 1.60. The van der Waals surface area contributed by atoms with Crippen molar-refractivity contribution in [2.45, 2.75) is 26.9 Å². The summed E-state index contributed by atoms with van der Waals surface area (Å²) in [6.07, 6.45) is 0. The van der Waals surface area contributed by atoms with Crippen LogP contribution in [0, 0.1) is 19.7 Å². The minimum atomic E-state index is -0.166. The lowest BCUT2D eigenvalue weighted by Gasteiger charge is -2.29. The van der Waals surface area contributed by atoms with E-state index in [1.54, 1.807) is 23.5 Å². The molecule has 27 heavy (non-hydrogen) atoms. The van der Waals surface area contributed by atoms with Gasteiger partial charge in [0, 0.05) is 10.4 Å². The fourth-order valence-corrected chi connectivity index (χ4v) is 4.91. The average molecular weight is 389 g/mol. The fourth-order valence-electron chi connectivity index (χ4n) is 3.87. The molecule has 0 aliphatic carbocycles. The zero-order chi connectivity index (χ0) is 19.0. The van der Waals surface area contributed by atoms with E-state index in [0.29, 0.717) is 0 Å². The van der Waals surface area contributed by atoms with Crippen molar-refractivity contribution >= 4 is 21.6 Å². The minimum absolute atomic E-state index is 0.0217. The summed E-state index contributed by atoms with van der Waals surface area (Å²) in [5.41, 5.74) is 2.07. The van der Waals surface area contributed by atoms with Crippen LogP contribution >= 0.6 is 11.3 Å². The molecule has 0 bridgehead atoms. The summed E-state index contributed by atoms with van der Waals surface area (Å²) in [5, 5.41) is 0.737. The summed E-state index contributed by atoms with van der Waals surface area (Å²) in [4.78, 5) is 25.0. The van der Waals surface area contributed by atoms with Gasteiger partial charge in [-0.2, -0.15) is 0 Å². The van der Waals surface area contributed by atoms with Crippen LogP contribution in [0.2, 0.25) is 0 Å². The number of halogens is 1. The molecule has 5 nitrogen and oxygen atoms in total. The molecule has 0 amide bonds. The molecule has 1 fully saturated rings. The zero-order valence-electron chi connectivity index (χ0n) is 15.7. The van der Waals surface area contributed by atoms with Crippen LogP contribution in [0.5, 0.6) is 0 Å². The number of hydrogen-bond acceptors (Lipinski definition) is 3. The van der Waals surface area contributed by atoms with Gasteiger partial charge in [0.05, 0.1) is 5.39 Å². The van der Waals surface area contributed by atoms with Crippen LogP contribution in [-0.4, -0.2) is 36.1 Å². The molecule has 1 aliphatic heterocycles. The third kappa shape index (κ3) is 3.95. The highest BCUT2D eigenvalue weighted by molar-refractivity contribution is 7.18. The summed E-state index contributed by atoms with van der Waals surface area (Å²) in [7, 11) is 0. The number of quaternary nitrogens is 2. The molecular formula is C20H25FN4OS+2. The molecule has 1 saturated heterocycles. The molecule has 0 atom stereocenters. The highest BCUT2D eigenvalue weighted by atomic mass is 32.1. The molecule has 1 aromatic carbocycles. The number of fused-ring (bicyclic) bond motifs is 1. The lowest BCUT2D eigenvalue weighted by atomic mass is 10.2. The number of hydrogen-bond donors (Lipinski definition) is 3. The molecule has 7 heteroatoms. The Morgan fingerprint density at radius 1 is 1.15 bits per heavy atom. The van der Waals surface area contributed by atoms with Crippen LogP contribution in [0.25, 0.3) is 10.2 Å². The molecule has 4 rings (SSSR count). The smallest absolute Gasteiger partial charge is 0.260 e. The van der Waals surface area contributed by atoms with E-state index in [9.17, 15) is 9.18 Å². The third-order valence-corrected chi connectivity index (χ3v) is 6.61. The number of H-pyrrole nitrogens is 1. The van der Waals surface area contributed by atoms with Gasteiger partial charge in [0.15, 0.2) is 5.82 Å². The molecular weight excluding hydrogens is 363 g/mol. The van der Waals surface area contributed by atoms with Gasteiger partial charge in [0.2, 0.25) is 0 Å². The predicted molar refractivity (Wildman–Crippen MR) is 105 cm³/mol. The van der Waals surface area contributed by atoms with E-state index in [4.69, 9.17) is 4.98 Å². The van der Waals surface area contributed by atoms with Crippen LogP contribution < -0.4 is 15.4 Å². The van der Waals surface area contributed by atoms with Crippen LogP contribution in [0.15, 0.2) is 29.1 Å². The van der Waals surface area contributed by atoms with E-state index in [1.165, 1.54) is 15.9 Å². The van der Waals surface area contributed by atoms with E-state index in [1.807, 2.05) is 19.9 Å². The standard InChI is InChI=1S/C20H23FN4OS/c1-13-14(2)27-20-18(13)19(26)22-17(23-20)12-25-8-6-24(7-9-25)11-15-4-3-5-16(21)10-15/h3-5,10H,6-9,11-12H2,1-2H3,(H,22,23,26)/p+2. The maximum Gasteiger partial charge on any atom is 0.260 e. The Bertz CT molecular complexity index is 1020. The Hall–Kier alpha value is -2.09. The molecule has 3 aromatic rings. The number of nitrogens with zero attached hydrogens (tertiary/aromatic N) is 1. The first kappa shape index (κ1) is 18.3. The molecule has 0 spiro atoms. The Balaban J connectivity index is 1.39. The molecule has 0 unspecified atom stereocenters. The van der Waals surface area contributed by atoms with Gasteiger partial charge in [0.25, 0.3) is 5.56 Å². The first-order valence-corrected chi connectivity index (χ1v) is 10.2. The number of thiophene rings is 1. The van der Waals surface area contributed by atoms with E-state index >= 15 is 0 Å². The van der Waals surface area contributed by atoms with E-state index in [2.05, 4.69) is 4.98 Å². The Morgan fingerprint density at radius 3 is 2.56 bits per heavy atom. The zero-order valence-corrected chi connectivity index (χ0v) is 16.5. The van der Waals surface area contributed by atoms with Crippen LogP contribution in [0.4, 0.5) is 4.39 Å². The number of aryl methyl sites for hydroxylation is 2. The molecule has 3 N–H and O–H groups in total. The summed E-state index contributed by atoms with van der Waals surface area (Å²) in [5.74, 6) is 0.609. The average Bonchev–Trinajstić information content (AvgIpc) is 2.91. The third-order valence-electron chi connectivity index (χ3n) is 5.51. The monoisotopic (exact) mass is 388 g/mol. The van der Waals surface area contributed by atoms with Gasteiger partial charge >= 0.3 is 0 Å². The number of nitrogens with one attached hydrogen (secondary N) is 3. The highest BCUT2D eigenvalue weighted by Crippen LogP contribution is 2.25. The first-order chi connectivity index (χ1) is 13.0. The van der Waals surface area contributed by atoms with E-state index < -0.39 is 0 Å². The number of piperazine rings is 1. The number of benzene rings is 1. The topological polar surface area (TPSA) is 54.6 Å². The second-order valence-corrected chi connectivity index (χ2v) is 8.66. The number of rotatable bonds is 4. The van der Waals surface area contributed by atoms with Crippen molar-refractivity contribution in [1.82, 2.24) is 9.97 Å². The van der Waals surface area contributed by atoms with Gasteiger partial charge < -0.3 is 14.8 Å². The lowest BCUT2D eigenvalue weighted by Crippen LogP contribution is -3.27. The predicted octanol–water partition coefficient (Wildman–Crippen LogP) is 0.224. The second-order valence-electron chi connectivity index (χ2n) is 7.46. The van der Waals surface area contributed by atoms with Gasteiger partial charge in [-0.05, 0) is 31.5 Å². The maximum atomic E-state index is 13.3. The van der Waals surface area contributed by atoms with E-state index in [-0.39, 0.29) is 11.4 Å². The van der Waals surface area contributed by atoms with Gasteiger partial charge in [-0.25, -0.2) is 9.37 Å². The largest absolute Gasteiger partial charge is 0.322 e. The molecule has 2 aromatic heterocycles. The number of aromatic nitrogens is 2. The summed E-state index contributed by atoms with van der Waals surface area (Å²) in [6.45, 7) is 9.74. The minimum Gasteiger partial charge on any atom is -0.322 e. The summed E-state index contributed by atoms with van der Waals surface area (Å²) < 4.78 is 13.3. The van der Waals surface area contributed by atoms with Crippen molar-refractivity contribution in [2.75, 3.05) is 26.2 Å². The van der Waals surface area contributed by atoms with Crippen molar-refractivity contribution in [2.24, 2.45) is 0 Å². The van der Waals surface area contributed by atoms with Crippen LogP contribution in [-0.2, 0) is 13.1 Å². The number of aromatic amines is 1.